The molecule has 1 atom stereocenters. The average molecular weight is 274 g/mol. The Labute approximate surface area is 98.6 Å². The lowest BCUT2D eigenvalue weighted by Crippen LogP contribution is -2.23. The number of aliphatic hydroxyl groups is 1. The highest BCUT2D eigenvalue weighted by atomic mass is 79.9. The smallest absolute Gasteiger partial charge is 0.119 e. The van der Waals surface area contributed by atoms with Crippen LogP contribution in [-0.2, 0) is 6.54 Å². The normalized spacial score (nSPS) is 12.5. The van der Waals surface area contributed by atoms with E-state index in [4.69, 9.17) is 9.84 Å². The van der Waals surface area contributed by atoms with Crippen LogP contribution in [0, 0.1) is 0 Å². The molecule has 4 heteroatoms. The Morgan fingerprint density at radius 3 is 2.87 bits per heavy atom. The molecule has 0 bridgehead atoms. The molecule has 0 fully saturated rings. The lowest BCUT2D eigenvalue weighted by molar-refractivity contribution is 0.191. The van der Waals surface area contributed by atoms with Crippen molar-refractivity contribution in [2.75, 3.05) is 13.7 Å². The highest BCUT2D eigenvalue weighted by molar-refractivity contribution is 9.10. The summed E-state index contributed by atoms with van der Waals surface area (Å²) in [5, 5.41) is 12.3. The van der Waals surface area contributed by atoms with Crippen molar-refractivity contribution in [2.45, 2.75) is 19.6 Å². The third-order valence-corrected chi connectivity index (χ3v) is 2.78. The second-order valence-electron chi connectivity index (χ2n) is 3.44. The number of methoxy groups -OCH3 is 1. The van der Waals surface area contributed by atoms with E-state index in [2.05, 4.69) is 21.2 Å². The summed E-state index contributed by atoms with van der Waals surface area (Å²) in [6, 6.07) is 5.83. The molecule has 0 radical (unpaired) electrons. The number of aliphatic hydroxyl groups excluding tert-OH is 1. The first kappa shape index (κ1) is 12.5. The molecule has 15 heavy (non-hydrogen) atoms. The van der Waals surface area contributed by atoms with Gasteiger partial charge in [-0.05, 0) is 30.7 Å². The molecule has 1 rings (SSSR count). The summed E-state index contributed by atoms with van der Waals surface area (Å²) in [6.07, 6.45) is -0.325. The van der Waals surface area contributed by atoms with Crippen molar-refractivity contribution < 1.29 is 9.84 Å². The molecule has 84 valence electrons. The highest BCUT2D eigenvalue weighted by Crippen LogP contribution is 2.22. The van der Waals surface area contributed by atoms with E-state index in [9.17, 15) is 0 Å². The highest BCUT2D eigenvalue weighted by Gasteiger charge is 2.02. The van der Waals surface area contributed by atoms with Crippen LogP contribution >= 0.6 is 15.9 Å². The van der Waals surface area contributed by atoms with Crippen molar-refractivity contribution in [3.63, 3.8) is 0 Å². The summed E-state index contributed by atoms with van der Waals surface area (Å²) in [5.41, 5.74) is 1.12. The Morgan fingerprint density at radius 1 is 1.53 bits per heavy atom. The summed E-state index contributed by atoms with van der Waals surface area (Å²) in [6.45, 7) is 3.06. The number of benzene rings is 1. The second-order valence-corrected chi connectivity index (χ2v) is 4.29. The fourth-order valence-electron chi connectivity index (χ4n) is 1.23. The molecule has 3 nitrogen and oxygen atoms in total. The van der Waals surface area contributed by atoms with Crippen LogP contribution in [0.1, 0.15) is 12.5 Å². The molecular formula is C11H16BrNO2. The molecule has 0 saturated heterocycles. The van der Waals surface area contributed by atoms with E-state index >= 15 is 0 Å². The maximum Gasteiger partial charge on any atom is 0.119 e. The number of nitrogens with one attached hydrogen (secondary N) is 1. The minimum Gasteiger partial charge on any atom is -0.497 e. The minimum atomic E-state index is -0.325. The van der Waals surface area contributed by atoms with Crippen LogP contribution in [-0.4, -0.2) is 24.9 Å². The van der Waals surface area contributed by atoms with E-state index in [1.807, 2.05) is 18.2 Å². The Morgan fingerprint density at radius 2 is 2.27 bits per heavy atom. The number of halogens is 1. The SMILES string of the molecule is COc1ccc(Br)c(CNCC(C)O)c1. The number of hydrogen-bond donors (Lipinski definition) is 2. The van der Waals surface area contributed by atoms with Gasteiger partial charge in [0, 0.05) is 17.6 Å². The monoisotopic (exact) mass is 273 g/mol. The van der Waals surface area contributed by atoms with Gasteiger partial charge in [0.15, 0.2) is 0 Å². The van der Waals surface area contributed by atoms with Crippen LogP contribution in [0.3, 0.4) is 0 Å². The first-order valence-corrected chi connectivity index (χ1v) is 5.64. The van der Waals surface area contributed by atoms with Crippen LogP contribution < -0.4 is 10.1 Å². The topological polar surface area (TPSA) is 41.5 Å². The van der Waals surface area contributed by atoms with Crippen LogP contribution in [0.15, 0.2) is 22.7 Å². The lowest BCUT2D eigenvalue weighted by atomic mass is 10.2. The Bertz CT molecular complexity index is 315. The minimum absolute atomic E-state index is 0.325. The fourth-order valence-corrected chi connectivity index (χ4v) is 1.62. The van der Waals surface area contributed by atoms with E-state index in [-0.39, 0.29) is 6.10 Å². The standard InChI is InChI=1S/C11H16BrNO2/c1-8(14)6-13-7-9-5-10(15-2)3-4-11(9)12/h3-5,8,13-14H,6-7H2,1-2H3. The molecule has 0 amide bonds. The molecule has 1 aromatic rings. The van der Waals surface area contributed by atoms with Crippen molar-refractivity contribution in [1.82, 2.24) is 5.32 Å². The van der Waals surface area contributed by atoms with E-state index < -0.39 is 0 Å². The third kappa shape index (κ3) is 4.20. The van der Waals surface area contributed by atoms with E-state index in [1.54, 1.807) is 14.0 Å². The zero-order valence-corrected chi connectivity index (χ0v) is 10.5. The molecule has 0 aromatic heterocycles. The first-order valence-electron chi connectivity index (χ1n) is 4.84. The second kappa shape index (κ2) is 6.10. The van der Waals surface area contributed by atoms with Gasteiger partial charge in [0.1, 0.15) is 5.75 Å². The maximum absolute atomic E-state index is 9.10. The fraction of sp³-hybridized carbons (Fsp3) is 0.455. The van der Waals surface area contributed by atoms with Crippen molar-refractivity contribution in [1.29, 1.82) is 0 Å². The van der Waals surface area contributed by atoms with Crippen LogP contribution in [0.5, 0.6) is 5.75 Å². The van der Waals surface area contributed by atoms with Gasteiger partial charge in [-0.25, -0.2) is 0 Å². The Hall–Kier alpha value is -0.580. The molecule has 0 aliphatic carbocycles. The van der Waals surface area contributed by atoms with Crippen molar-refractivity contribution in [2.24, 2.45) is 0 Å². The van der Waals surface area contributed by atoms with E-state index in [0.717, 1.165) is 15.8 Å². The van der Waals surface area contributed by atoms with Gasteiger partial charge in [-0.1, -0.05) is 15.9 Å². The quantitative estimate of drug-likeness (QED) is 0.862. The van der Waals surface area contributed by atoms with Gasteiger partial charge in [0.25, 0.3) is 0 Å². The summed E-state index contributed by atoms with van der Waals surface area (Å²) in [5.74, 6) is 0.840. The van der Waals surface area contributed by atoms with E-state index in [1.165, 1.54) is 0 Å². The molecule has 0 heterocycles. The molecule has 0 saturated carbocycles. The van der Waals surface area contributed by atoms with Crippen LogP contribution in [0.2, 0.25) is 0 Å². The van der Waals surface area contributed by atoms with Crippen LogP contribution in [0.4, 0.5) is 0 Å². The third-order valence-electron chi connectivity index (χ3n) is 2.01. The summed E-state index contributed by atoms with van der Waals surface area (Å²) < 4.78 is 6.18. The van der Waals surface area contributed by atoms with Gasteiger partial charge >= 0.3 is 0 Å². The van der Waals surface area contributed by atoms with Gasteiger partial charge in [0.05, 0.1) is 13.2 Å². The summed E-state index contributed by atoms with van der Waals surface area (Å²) in [7, 11) is 1.65. The number of rotatable bonds is 5. The summed E-state index contributed by atoms with van der Waals surface area (Å²) >= 11 is 3.47. The average Bonchev–Trinajstić information content (AvgIpc) is 2.20. The Balaban J connectivity index is 2.59. The first-order chi connectivity index (χ1) is 7.13. The van der Waals surface area contributed by atoms with Gasteiger partial charge in [-0.3, -0.25) is 0 Å². The molecule has 0 spiro atoms. The predicted molar refractivity (Wildman–Crippen MR) is 64.1 cm³/mol. The molecule has 1 unspecified atom stereocenters. The lowest BCUT2D eigenvalue weighted by Gasteiger charge is -2.09. The van der Waals surface area contributed by atoms with Gasteiger partial charge in [-0.2, -0.15) is 0 Å². The molecule has 0 aliphatic rings. The van der Waals surface area contributed by atoms with Crippen molar-refractivity contribution >= 4 is 15.9 Å². The van der Waals surface area contributed by atoms with Crippen molar-refractivity contribution in [3.8, 4) is 5.75 Å². The summed E-state index contributed by atoms with van der Waals surface area (Å²) in [4.78, 5) is 0. The van der Waals surface area contributed by atoms with Gasteiger partial charge in [-0.15, -0.1) is 0 Å². The maximum atomic E-state index is 9.10. The Kier molecular flexibility index (Phi) is 5.08. The molecular weight excluding hydrogens is 258 g/mol. The van der Waals surface area contributed by atoms with Gasteiger partial charge < -0.3 is 15.2 Å². The molecule has 2 N–H and O–H groups in total. The van der Waals surface area contributed by atoms with Crippen molar-refractivity contribution in [3.05, 3.63) is 28.2 Å². The number of hydrogen-bond acceptors (Lipinski definition) is 3. The predicted octanol–water partition coefficient (Wildman–Crippen LogP) is 1.93. The largest absolute Gasteiger partial charge is 0.497 e. The van der Waals surface area contributed by atoms with Gasteiger partial charge in [0.2, 0.25) is 0 Å². The zero-order valence-electron chi connectivity index (χ0n) is 8.96. The molecule has 1 aromatic carbocycles. The van der Waals surface area contributed by atoms with E-state index in [0.29, 0.717) is 13.1 Å². The zero-order chi connectivity index (χ0) is 11.3. The number of ether oxygens (including phenoxy) is 1. The van der Waals surface area contributed by atoms with Crippen LogP contribution in [0.25, 0.3) is 0 Å². The molecule has 0 aliphatic heterocycles.